The van der Waals surface area contributed by atoms with E-state index in [1.165, 1.54) is 18.4 Å². The number of hydrogen-bond acceptors (Lipinski definition) is 4. The zero-order valence-electron chi connectivity index (χ0n) is 10.6. The highest BCUT2D eigenvalue weighted by Gasteiger charge is 2.11. The van der Waals surface area contributed by atoms with Crippen molar-refractivity contribution in [3.63, 3.8) is 0 Å². The van der Waals surface area contributed by atoms with Crippen LogP contribution in [-0.2, 0) is 4.74 Å². The van der Waals surface area contributed by atoms with Gasteiger partial charge in [-0.25, -0.2) is 4.79 Å². The molecule has 0 saturated carbocycles. The molecule has 1 aromatic heterocycles. The molecule has 0 aliphatic rings. The molecule has 0 saturated heterocycles. The molecular formula is C14H13NO3S. The van der Waals surface area contributed by atoms with Crippen molar-refractivity contribution in [3.8, 4) is 0 Å². The topological polar surface area (TPSA) is 55.4 Å². The number of thiophene rings is 1. The van der Waals surface area contributed by atoms with Crippen molar-refractivity contribution < 1.29 is 14.3 Å². The Kier molecular flexibility index (Phi) is 3.97. The Morgan fingerprint density at radius 1 is 1.21 bits per heavy atom. The van der Waals surface area contributed by atoms with Crippen molar-refractivity contribution in [1.29, 1.82) is 0 Å². The zero-order valence-corrected chi connectivity index (χ0v) is 11.4. The molecule has 2 rings (SSSR count). The number of hydrogen-bond donors (Lipinski definition) is 1. The van der Waals surface area contributed by atoms with E-state index >= 15 is 0 Å². The van der Waals surface area contributed by atoms with Gasteiger partial charge in [0.25, 0.3) is 5.91 Å². The summed E-state index contributed by atoms with van der Waals surface area (Å²) in [5.41, 5.74) is 2.51. The number of carbonyl (C=O) groups is 2. The number of ether oxygens (including phenoxy) is 1. The standard InChI is InChI=1S/C14H13NO3S/c1-9-3-4-10(14(17)18-2)7-12(9)15-13(16)11-5-6-19-8-11/h3-8H,1-2H3,(H,15,16). The van der Waals surface area contributed by atoms with Crippen LogP contribution in [0.25, 0.3) is 0 Å². The third-order valence-electron chi connectivity index (χ3n) is 2.69. The van der Waals surface area contributed by atoms with Crippen molar-refractivity contribution >= 4 is 28.9 Å². The van der Waals surface area contributed by atoms with Crippen LogP contribution in [0.2, 0.25) is 0 Å². The van der Waals surface area contributed by atoms with E-state index in [-0.39, 0.29) is 5.91 Å². The summed E-state index contributed by atoms with van der Waals surface area (Å²) in [5, 5.41) is 6.40. The van der Waals surface area contributed by atoms with E-state index in [0.717, 1.165) is 5.56 Å². The zero-order chi connectivity index (χ0) is 13.8. The van der Waals surface area contributed by atoms with Crippen LogP contribution in [0.15, 0.2) is 35.0 Å². The van der Waals surface area contributed by atoms with E-state index in [1.807, 2.05) is 12.3 Å². The molecule has 0 fully saturated rings. The van der Waals surface area contributed by atoms with Gasteiger partial charge >= 0.3 is 5.97 Å². The molecule has 1 heterocycles. The van der Waals surface area contributed by atoms with E-state index in [4.69, 9.17) is 0 Å². The molecule has 2 aromatic rings. The van der Waals surface area contributed by atoms with Crippen LogP contribution in [0.1, 0.15) is 26.3 Å². The van der Waals surface area contributed by atoms with Gasteiger partial charge in [0.2, 0.25) is 0 Å². The third-order valence-corrected chi connectivity index (χ3v) is 3.37. The second-order valence-corrected chi connectivity index (χ2v) is 4.77. The van der Waals surface area contributed by atoms with Gasteiger partial charge in [-0.1, -0.05) is 6.07 Å². The Morgan fingerprint density at radius 3 is 2.63 bits per heavy atom. The molecule has 1 N–H and O–H groups in total. The summed E-state index contributed by atoms with van der Waals surface area (Å²) in [4.78, 5) is 23.4. The molecule has 0 aliphatic heterocycles. The van der Waals surface area contributed by atoms with Crippen LogP contribution in [-0.4, -0.2) is 19.0 Å². The van der Waals surface area contributed by atoms with Gasteiger partial charge in [0, 0.05) is 11.1 Å². The van der Waals surface area contributed by atoms with Crippen LogP contribution in [0.3, 0.4) is 0 Å². The maximum absolute atomic E-state index is 12.0. The number of rotatable bonds is 3. The Hall–Kier alpha value is -2.14. The Labute approximate surface area is 115 Å². The van der Waals surface area contributed by atoms with E-state index in [9.17, 15) is 9.59 Å². The van der Waals surface area contributed by atoms with E-state index in [2.05, 4.69) is 10.1 Å². The van der Waals surface area contributed by atoms with Crippen molar-refractivity contribution in [2.45, 2.75) is 6.92 Å². The molecule has 0 bridgehead atoms. The van der Waals surface area contributed by atoms with Crippen LogP contribution in [0.4, 0.5) is 5.69 Å². The molecule has 98 valence electrons. The number of esters is 1. The summed E-state index contributed by atoms with van der Waals surface area (Å²) < 4.78 is 4.66. The first kappa shape index (κ1) is 13.3. The molecule has 1 aromatic carbocycles. The summed E-state index contributed by atoms with van der Waals surface area (Å²) >= 11 is 1.46. The fourth-order valence-corrected chi connectivity index (χ4v) is 2.23. The van der Waals surface area contributed by atoms with E-state index < -0.39 is 5.97 Å². The van der Waals surface area contributed by atoms with E-state index in [0.29, 0.717) is 16.8 Å². The number of benzene rings is 1. The molecule has 0 spiro atoms. The van der Waals surface area contributed by atoms with Gasteiger partial charge < -0.3 is 10.1 Å². The maximum atomic E-state index is 12.0. The SMILES string of the molecule is COC(=O)c1ccc(C)c(NC(=O)c2ccsc2)c1. The Balaban J connectivity index is 2.24. The summed E-state index contributed by atoms with van der Waals surface area (Å²) in [7, 11) is 1.33. The highest BCUT2D eigenvalue weighted by molar-refractivity contribution is 7.08. The predicted molar refractivity (Wildman–Crippen MR) is 74.8 cm³/mol. The monoisotopic (exact) mass is 275 g/mol. The minimum absolute atomic E-state index is 0.189. The number of anilines is 1. The van der Waals surface area contributed by atoms with Gasteiger partial charge in [0.1, 0.15) is 0 Å². The fourth-order valence-electron chi connectivity index (χ4n) is 1.59. The maximum Gasteiger partial charge on any atom is 0.337 e. The summed E-state index contributed by atoms with van der Waals surface area (Å²) in [6.45, 7) is 1.87. The Bertz CT molecular complexity index is 605. The largest absolute Gasteiger partial charge is 0.465 e. The normalized spacial score (nSPS) is 10.0. The Morgan fingerprint density at radius 2 is 2.00 bits per heavy atom. The van der Waals surface area contributed by atoms with Crippen molar-refractivity contribution in [2.75, 3.05) is 12.4 Å². The van der Waals surface area contributed by atoms with Gasteiger partial charge in [-0.05, 0) is 36.1 Å². The fraction of sp³-hybridized carbons (Fsp3) is 0.143. The molecule has 5 heteroatoms. The van der Waals surface area contributed by atoms with Gasteiger partial charge in [0.15, 0.2) is 0 Å². The third kappa shape index (κ3) is 3.00. The molecule has 0 atom stereocenters. The second kappa shape index (κ2) is 5.67. The summed E-state index contributed by atoms with van der Waals surface area (Å²) in [6.07, 6.45) is 0. The first-order valence-electron chi connectivity index (χ1n) is 5.64. The number of nitrogens with one attached hydrogen (secondary N) is 1. The average molecular weight is 275 g/mol. The molecular weight excluding hydrogens is 262 g/mol. The van der Waals surface area contributed by atoms with Crippen molar-refractivity contribution in [3.05, 3.63) is 51.7 Å². The number of methoxy groups -OCH3 is 1. The average Bonchev–Trinajstić information content (AvgIpc) is 2.94. The van der Waals surface area contributed by atoms with Gasteiger partial charge in [-0.3, -0.25) is 4.79 Å². The molecule has 1 amide bonds. The van der Waals surface area contributed by atoms with Gasteiger partial charge in [-0.15, -0.1) is 0 Å². The van der Waals surface area contributed by atoms with Crippen LogP contribution in [0.5, 0.6) is 0 Å². The minimum Gasteiger partial charge on any atom is -0.465 e. The molecule has 0 radical (unpaired) electrons. The van der Waals surface area contributed by atoms with Gasteiger partial charge in [-0.2, -0.15) is 11.3 Å². The predicted octanol–water partition coefficient (Wildman–Crippen LogP) is 3.10. The molecule has 19 heavy (non-hydrogen) atoms. The lowest BCUT2D eigenvalue weighted by Gasteiger charge is -2.09. The highest BCUT2D eigenvalue weighted by Crippen LogP contribution is 2.19. The van der Waals surface area contributed by atoms with Crippen molar-refractivity contribution in [1.82, 2.24) is 0 Å². The highest BCUT2D eigenvalue weighted by atomic mass is 32.1. The first-order valence-corrected chi connectivity index (χ1v) is 6.58. The molecule has 0 unspecified atom stereocenters. The lowest BCUT2D eigenvalue weighted by atomic mass is 10.1. The quantitative estimate of drug-likeness (QED) is 0.876. The number of aryl methyl sites for hydroxylation is 1. The lowest BCUT2D eigenvalue weighted by molar-refractivity contribution is 0.0600. The van der Waals surface area contributed by atoms with Crippen LogP contribution >= 0.6 is 11.3 Å². The second-order valence-electron chi connectivity index (χ2n) is 3.99. The molecule has 4 nitrogen and oxygen atoms in total. The van der Waals surface area contributed by atoms with Crippen LogP contribution < -0.4 is 5.32 Å². The molecule has 0 aliphatic carbocycles. The van der Waals surface area contributed by atoms with Crippen molar-refractivity contribution in [2.24, 2.45) is 0 Å². The summed E-state index contributed by atoms with van der Waals surface area (Å²) in [6, 6.07) is 6.81. The van der Waals surface area contributed by atoms with Crippen LogP contribution in [0, 0.1) is 6.92 Å². The van der Waals surface area contributed by atoms with Gasteiger partial charge in [0.05, 0.1) is 18.2 Å². The smallest absolute Gasteiger partial charge is 0.337 e. The van der Waals surface area contributed by atoms with E-state index in [1.54, 1.807) is 29.6 Å². The lowest BCUT2D eigenvalue weighted by Crippen LogP contribution is -2.12. The minimum atomic E-state index is -0.425. The summed E-state index contributed by atoms with van der Waals surface area (Å²) in [5.74, 6) is -0.614. The first-order chi connectivity index (χ1) is 9.11. The number of carbonyl (C=O) groups excluding carboxylic acids is 2. The number of amides is 1.